The summed E-state index contributed by atoms with van der Waals surface area (Å²) in [6, 6.07) is 8.27. The quantitative estimate of drug-likeness (QED) is 0.867. The van der Waals surface area contributed by atoms with Crippen molar-refractivity contribution in [3.8, 4) is 5.75 Å². The van der Waals surface area contributed by atoms with E-state index in [0.717, 1.165) is 0 Å². The van der Waals surface area contributed by atoms with Crippen LogP contribution in [0.15, 0.2) is 36.5 Å². The van der Waals surface area contributed by atoms with Gasteiger partial charge in [-0.2, -0.15) is 0 Å². The molecule has 0 saturated heterocycles. The van der Waals surface area contributed by atoms with Crippen LogP contribution in [-0.2, 0) is 0 Å². The first-order valence-electron chi connectivity index (χ1n) is 5.96. The van der Waals surface area contributed by atoms with Crippen molar-refractivity contribution >= 4 is 34.8 Å². The van der Waals surface area contributed by atoms with Crippen molar-refractivity contribution in [3.05, 3.63) is 52.3 Å². The molecule has 20 heavy (non-hydrogen) atoms. The van der Waals surface area contributed by atoms with Gasteiger partial charge in [0.15, 0.2) is 0 Å². The summed E-state index contributed by atoms with van der Waals surface area (Å²) in [4.78, 5) is 15.9. The number of amides is 1. The summed E-state index contributed by atoms with van der Waals surface area (Å²) in [5, 5.41) is 3.29. The molecule has 1 N–H and O–H groups in total. The molecule has 0 fully saturated rings. The molecule has 1 aromatic carbocycles. The topological polar surface area (TPSA) is 51.2 Å². The summed E-state index contributed by atoms with van der Waals surface area (Å²) in [7, 11) is 0. The van der Waals surface area contributed by atoms with E-state index in [9.17, 15) is 4.79 Å². The zero-order valence-electron chi connectivity index (χ0n) is 10.7. The summed E-state index contributed by atoms with van der Waals surface area (Å²) >= 11 is 11.9. The third kappa shape index (κ3) is 3.40. The second-order valence-corrected chi connectivity index (χ2v) is 4.64. The number of hydrogen-bond donors (Lipinski definition) is 1. The molecule has 0 bridgehead atoms. The average Bonchev–Trinajstić information content (AvgIpc) is 2.42. The highest BCUT2D eigenvalue weighted by Crippen LogP contribution is 2.28. The van der Waals surface area contributed by atoms with Crippen molar-refractivity contribution in [3.63, 3.8) is 0 Å². The molecule has 1 aromatic heterocycles. The Bertz CT molecular complexity index is 632. The first-order chi connectivity index (χ1) is 9.61. The highest BCUT2D eigenvalue weighted by Gasteiger charge is 2.11. The van der Waals surface area contributed by atoms with Gasteiger partial charge in [0.05, 0.1) is 17.2 Å². The van der Waals surface area contributed by atoms with Gasteiger partial charge in [-0.05, 0) is 37.3 Å². The number of pyridine rings is 1. The molecule has 0 saturated carbocycles. The molecule has 0 atom stereocenters. The van der Waals surface area contributed by atoms with Gasteiger partial charge in [-0.25, -0.2) is 4.98 Å². The van der Waals surface area contributed by atoms with E-state index in [1.165, 1.54) is 6.20 Å². The largest absolute Gasteiger partial charge is 0.492 e. The number of nitrogens with zero attached hydrogens (tertiary/aromatic N) is 1. The van der Waals surface area contributed by atoms with E-state index in [1.807, 2.05) is 6.92 Å². The second-order valence-electron chi connectivity index (χ2n) is 3.87. The molecule has 0 spiro atoms. The molecule has 1 amide bonds. The van der Waals surface area contributed by atoms with Gasteiger partial charge in [-0.15, -0.1) is 0 Å². The lowest BCUT2D eigenvalue weighted by atomic mass is 10.2. The molecular weight excluding hydrogens is 299 g/mol. The minimum absolute atomic E-state index is 0.155. The molecule has 0 aliphatic heterocycles. The van der Waals surface area contributed by atoms with Gasteiger partial charge in [0.2, 0.25) is 0 Å². The van der Waals surface area contributed by atoms with Crippen LogP contribution in [0.2, 0.25) is 10.2 Å². The van der Waals surface area contributed by atoms with Crippen LogP contribution >= 0.6 is 23.2 Å². The van der Waals surface area contributed by atoms with Crippen molar-refractivity contribution in [2.75, 3.05) is 11.9 Å². The van der Waals surface area contributed by atoms with E-state index in [2.05, 4.69) is 10.3 Å². The van der Waals surface area contributed by atoms with Crippen LogP contribution in [0.5, 0.6) is 5.75 Å². The van der Waals surface area contributed by atoms with Gasteiger partial charge >= 0.3 is 0 Å². The average molecular weight is 311 g/mol. The first-order valence-corrected chi connectivity index (χ1v) is 6.71. The Balaban J connectivity index is 2.16. The van der Waals surface area contributed by atoms with Gasteiger partial charge in [0.25, 0.3) is 5.91 Å². The number of aromatic nitrogens is 1. The highest BCUT2D eigenvalue weighted by atomic mass is 35.5. The Hall–Kier alpha value is -1.78. The molecule has 0 aliphatic rings. The fourth-order valence-corrected chi connectivity index (χ4v) is 2.05. The number of anilines is 1. The lowest BCUT2D eigenvalue weighted by molar-refractivity contribution is 0.102. The smallest absolute Gasteiger partial charge is 0.258 e. The van der Waals surface area contributed by atoms with E-state index >= 15 is 0 Å². The maximum Gasteiger partial charge on any atom is 0.258 e. The summed E-state index contributed by atoms with van der Waals surface area (Å²) in [6.45, 7) is 2.40. The normalized spacial score (nSPS) is 10.2. The third-order valence-electron chi connectivity index (χ3n) is 2.49. The molecule has 1 heterocycles. The van der Waals surface area contributed by atoms with Crippen LogP contribution < -0.4 is 10.1 Å². The molecule has 0 radical (unpaired) electrons. The summed E-state index contributed by atoms with van der Waals surface area (Å²) in [6.07, 6.45) is 1.52. The standard InChI is InChI=1S/C14H12Cl2N2O2/c1-2-20-12-6-5-9(8-11(12)15)18-14(19)10-4-3-7-17-13(10)16/h3-8H,2H2,1H3,(H,18,19). The zero-order valence-corrected chi connectivity index (χ0v) is 12.2. The lowest BCUT2D eigenvalue weighted by Gasteiger charge is -2.09. The molecule has 2 aromatic rings. The van der Waals surface area contributed by atoms with Crippen LogP contribution in [0, 0.1) is 0 Å². The van der Waals surface area contributed by atoms with E-state index < -0.39 is 0 Å². The summed E-state index contributed by atoms with van der Waals surface area (Å²) in [5.41, 5.74) is 0.863. The van der Waals surface area contributed by atoms with Crippen molar-refractivity contribution in [1.29, 1.82) is 0 Å². The van der Waals surface area contributed by atoms with Gasteiger partial charge in [0.1, 0.15) is 10.9 Å². The number of carbonyl (C=O) groups excluding carboxylic acids is 1. The van der Waals surface area contributed by atoms with E-state index in [4.69, 9.17) is 27.9 Å². The van der Waals surface area contributed by atoms with Crippen LogP contribution in [0.4, 0.5) is 5.69 Å². The van der Waals surface area contributed by atoms with Crippen molar-refractivity contribution in [2.24, 2.45) is 0 Å². The predicted molar refractivity (Wildman–Crippen MR) is 79.8 cm³/mol. The van der Waals surface area contributed by atoms with Crippen molar-refractivity contribution < 1.29 is 9.53 Å². The SMILES string of the molecule is CCOc1ccc(NC(=O)c2cccnc2Cl)cc1Cl. The molecule has 0 unspecified atom stereocenters. The maximum atomic E-state index is 12.0. The predicted octanol–water partition coefficient (Wildman–Crippen LogP) is 4.04. The fourth-order valence-electron chi connectivity index (χ4n) is 1.60. The number of carbonyl (C=O) groups is 1. The Morgan fingerprint density at radius 1 is 1.35 bits per heavy atom. The van der Waals surface area contributed by atoms with Gasteiger partial charge in [-0.1, -0.05) is 23.2 Å². The van der Waals surface area contributed by atoms with E-state index in [0.29, 0.717) is 28.6 Å². The number of ether oxygens (including phenoxy) is 1. The molecule has 104 valence electrons. The maximum absolute atomic E-state index is 12.0. The summed E-state index contributed by atoms with van der Waals surface area (Å²) < 4.78 is 5.32. The Kier molecular flexibility index (Phi) is 4.82. The van der Waals surface area contributed by atoms with Crippen LogP contribution in [0.25, 0.3) is 0 Å². The number of hydrogen-bond acceptors (Lipinski definition) is 3. The second kappa shape index (κ2) is 6.59. The molecule has 2 rings (SSSR count). The van der Waals surface area contributed by atoms with Crippen molar-refractivity contribution in [1.82, 2.24) is 4.98 Å². The number of halogens is 2. The van der Waals surface area contributed by atoms with Crippen LogP contribution in [0.1, 0.15) is 17.3 Å². The summed E-state index contributed by atoms with van der Waals surface area (Å²) in [5.74, 6) is 0.231. The number of rotatable bonds is 4. The molecule has 6 heteroatoms. The molecule has 0 aliphatic carbocycles. The zero-order chi connectivity index (χ0) is 14.5. The first kappa shape index (κ1) is 14.6. The number of nitrogens with one attached hydrogen (secondary N) is 1. The van der Waals surface area contributed by atoms with E-state index in [1.54, 1.807) is 30.3 Å². The highest BCUT2D eigenvalue weighted by molar-refractivity contribution is 6.33. The molecular formula is C14H12Cl2N2O2. The van der Waals surface area contributed by atoms with Crippen LogP contribution in [-0.4, -0.2) is 17.5 Å². The van der Waals surface area contributed by atoms with Crippen LogP contribution in [0.3, 0.4) is 0 Å². The molecule has 4 nitrogen and oxygen atoms in total. The Morgan fingerprint density at radius 2 is 2.15 bits per heavy atom. The fraction of sp³-hybridized carbons (Fsp3) is 0.143. The van der Waals surface area contributed by atoms with E-state index in [-0.39, 0.29) is 11.1 Å². The lowest BCUT2D eigenvalue weighted by Crippen LogP contribution is -2.12. The monoisotopic (exact) mass is 310 g/mol. The van der Waals surface area contributed by atoms with Crippen molar-refractivity contribution in [2.45, 2.75) is 6.92 Å². The third-order valence-corrected chi connectivity index (χ3v) is 3.09. The Morgan fingerprint density at radius 3 is 2.80 bits per heavy atom. The van der Waals surface area contributed by atoms with Gasteiger partial charge in [-0.3, -0.25) is 4.79 Å². The van der Waals surface area contributed by atoms with Gasteiger partial charge < -0.3 is 10.1 Å². The Labute approximate surface area is 126 Å². The number of benzene rings is 1. The van der Waals surface area contributed by atoms with Gasteiger partial charge in [0, 0.05) is 11.9 Å². The minimum Gasteiger partial charge on any atom is -0.492 e. The minimum atomic E-state index is -0.344.